The number of rotatable bonds is 5. The van der Waals surface area contributed by atoms with Gasteiger partial charge in [0.15, 0.2) is 0 Å². The highest BCUT2D eigenvalue weighted by Gasteiger charge is 2.28. The molecule has 0 fully saturated rings. The number of benzene rings is 2. The van der Waals surface area contributed by atoms with E-state index in [0.29, 0.717) is 0 Å². The Kier molecular flexibility index (Phi) is 5.60. The van der Waals surface area contributed by atoms with E-state index >= 15 is 0 Å². The van der Waals surface area contributed by atoms with Crippen LogP contribution in [0.4, 0.5) is 13.2 Å². The van der Waals surface area contributed by atoms with Crippen LogP contribution in [-0.4, -0.2) is 27.0 Å². The Hall–Kier alpha value is -2.55. The molecular formula is C17H16F3NO4S. The molecule has 0 heterocycles. The molecule has 0 bridgehead atoms. The van der Waals surface area contributed by atoms with Gasteiger partial charge >= 0.3 is 16.3 Å². The number of nitrogens with one attached hydrogen (secondary N) is 1. The molecule has 0 saturated heterocycles. The zero-order valence-electron chi connectivity index (χ0n) is 13.9. The Morgan fingerprint density at radius 2 is 1.58 bits per heavy atom. The van der Waals surface area contributed by atoms with Crippen LogP contribution in [0.15, 0.2) is 47.4 Å². The Balaban J connectivity index is 2.14. The quantitative estimate of drug-likeness (QED) is 0.799. The minimum Gasteiger partial charge on any atom is -0.379 e. The van der Waals surface area contributed by atoms with Crippen molar-refractivity contribution in [2.75, 3.05) is 6.54 Å². The summed E-state index contributed by atoms with van der Waals surface area (Å²) < 4.78 is 66.0. The minimum absolute atomic E-state index is 0.0976. The van der Waals surface area contributed by atoms with E-state index in [1.54, 1.807) is 31.3 Å². The second kappa shape index (κ2) is 7.36. The molecule has 0 unspecified atom stereocenters. The van der Waals surface area contributed by atoms with Gasteiger partial charge in [-0.2, -0.15) is 21.6 Å². The van der Waals surface area contributed by atoms with E-state index in [-0.39, 0.29) is 16.2 Å². The summed E-state index contributed by atoms with van der Waals surface area (Å²) in [6.45, 7) is 2.11. The van der Waals surface area contributed by atoms with Crippen molar-refractivity contribution in [1.29, 1.82) is 0 Å². The highest BCUT2D eigenvalue weighted by atomic mass is 32.2. The monoisotopic (exact) mass is 387 g/mol. The summed E-state index contributed by atoms with van der Waals surface area (Å²) in [7, 11) is -4.14. The van der Waals surface area contributed by atoms with Crippen LogP contribution in [0.2, 0.25) is 0 Å². The van der Waals surface area contributed by atoms with Gasteiger partial charge in [-0.15, -0.1) is 0 Å². The standard InChI is InChI=1S/C17H16F3NO4S/c1-11-7-12(2)9-14(8-11)25-26(23,24)15-5-3-13(4-6-15)16(22)21-10-17(18,19)20/h3-9H,10H2,1-2H3,(H,21,22). The molecule has 0 aliphatic rings. The fourth-order valence-corrected chi connectivity index (χ4v) is 3.13. The van der Waals surface area contributed by atoms with E-state index in [9.17, 15) is 26.4 Å². The molecule has 2 aromatic carbocycles. The first-order valence-electron chi connectivity index (χ1n) is 7.44. The van der Waals surface area contributed by atoms with E-state index in [2.05, 4.69) is 0 Å². The van der Waals surface area contributed by atoms with Gasteiger partial charge < -0.3 is 9.50 Å². The lowest BCUT2D eigenvalue weighted by Gasteiger charge is -2.10. The molecule has 1 amide bonds. The van der Waals surface area contributed by atoms with Crippen molar-refractivity contribution in [3.05, 3.63) is 59.2 Å². The number of aryl methyl sites for hydroxylation is 2. The predicted molar refractivity (Wildman–Crippen MR) is 88.6 cm³/mol. The zero-order valence-corrected chi connectivity index (χ0v) is 14.7. The van der Waals surface area contributed by atoms with Crippen LogP contribution in [0.3, 0.4) is 0 Å². The molecule has 9 heteroatoms. The summed E-state index contributed by atoms with van der Waals surface area (Å²) in [5.41, 5.74) is 1.55. The Morgan fingerprint density at radius 1 is 1.04 bits per heavy atom. The molecule has 0 atom stereocenters. The largest absolute Gasteiger partial charge is 0.405 e. The van der Waals surface area contributed by atoms with Gasteiger partial charge in [0.05, 0.1) is 0 Å². The highest BCUT2D eigenvalue weighted by molar-refractivity contribution is 7.87. The maximum Gasteiger partial charge on any atom is 0.405 e. The van der Waals surface area contributed by atoms with Crippen molar-refractivity contribution in [2.45, 2.75) is 24.9 Å². The molecular weight excluding hydrogens is 371 g/mol. The lowest BCUT2D eigenvalue weighted by molar-refractivity contribution is -0.123. The van der Waals surface area contributed by atoms with Gasteiger partial charge in [-0.3, -0.25) is 4.79 Å². The van der Waals surface area contributed by atoms with Crippen LogP contribution < -0.4 is 9.50 Å². The smallest absolute Gasteiger partial charge is 0.379 e. The molecule has 0 aromatic heterocycles. The highest BCUT2D eigenvalue weighted by Crippen LogP contribution is 2.22. The topological polar surface area (TPSA) is 72.5 Å². The number of carbonyl (C=O) groups excluding carboxylic acids is 1. The van der Waals surface area contributed by atoms with Gasteiger partial charge in [0.1, 0.15) is 17.2 Å². The van der Waals surface area contributed by atoms with Crippen molar-refractivity contribution in [2.24, 2.45) is 0 Å². The molecule has 2 rings (SSSR count). The van der Waals surface area contributed by atoms with Crippen molar-refractivity contribution >= 4 is 16.0 Å². The van der Waals surface area contributed by atoms with Gasteiger partial charge in [0.25, 0.3) is 5.91 Å². The predicted octanol–water partition coefficient (Wildman–Crippen LogP) is 3.36. The lowest BCUT2D eigenvalue weighted by Crippen LogP contribution is -2.33. The number of hydrogen-bond donors (Lipinski definition) is 1. The van der Waals surface area contributed by atoms with Gasteiger partial charge in [-0.05, 0) is 61.4 Å². The van der Waals surface area contributed by atoms with Crippen LogP contribution in [0, 0.1) is 13.8 Å². The van der Waals surface area contributed by atoms with E-state index in [0.717, 1.165) is 35.4 Å². The number of hydrogen-bond acceptors (Lipinski definition) is 4. The number of carbonyl (C=O) groups is 1. The molecule has 0 aliphatic heterocycles. The molecule has 5 nitrogen and oxygen atoms in total. The van der Waals surface area contributed by atoms with Gasteiger partial charge in [-0.1, -0.05) is 6.07 Å². The molecule has 26 heavy (non-hydrogen) atoms. The van der Waals surface area contributed by atoms with E-state index in [1.165, 1.54) is 0 Å². The van der Waals surface area contributed by atoms with E-state index in [1.807, 2.05) is 6.07 Å². The maximum atomic E-state index is 12.3. The Bertz CT molecular complexity index is 886. The van der Waals surface area contributed by atoms with Crippen molar-refractivity contribution in [3.63, 3.8) is 0 Å². The molecule has 0 aliphatic carbocycles. The molecule has 0 radical (unpaired) electrons. The fraction of sp³-hybridized carbons (Fsp3) is 0.235. The summed E-state index contributed by atoms with van der Waals surface area (Å²) >= 11 is 0. The second-order valence-corrected chi connectivity index (χ2v) is 7.23. The first-order valence-corrected chi connectivity index (χ1v) is 8.85. The molecule has 1 N–H and O–H groups in total. The fourth-order valence-electron chi connectivity index (χ4n) is 2.21. The molecule has 140 valence electrons. The maximum absolute atomic E-state index is 12.3. The van der Waals surface area contributed by atoms with Crippen LogP contribution >= 0.6 is 0 Å². The van der Waals surface area contributed by atoms with Crippen LogP contribution in [0.1, 0.15) is 21.5 Å². The minimum atomic E-state index is -4.53. The third kappa shape index (κ3) is 5.48. The van der Waals surface area contributed by atoms with Gasteiger partial charge in [-0.25, -0.2) is 0 Å². The summed E-state index contributed by atoms with van der Waals surface area (Å²) in [5.74, 6) is -0.809. The number of amides is 1. The van der Waals surface area contributed by atoms with Gasteiger partial charge in [0.2, 0.25) is 0 Å². The summed E-state index contributed by atoms with van der Waals surface area (Å²) in [5, 5.41) is 1.70. The second-order valence-electron chi connectivity index (χ2n) is 5.68. The van der Waals surface area contributed by atoms with Crippen molar-refractivity contribution in [3.8, 4) is 5.75 Å². The first kappa shape index (κ1) is 19.8. The van der Waals surface area contributed by atoms with Crippen LogP contribution in [0.25, 0.3) is 0 Å². The summed E-state index contributed by atoms with van der Waals surface area (Å²) in [6.07, 6.45) is -4.53. The SMILES string of the molecule is Cc1cc(C)cc(OS(=O)(=O)c2ccc(C(=O)NCC(F)(F)F)cc2)c1. The Morgan fingerprint density at radius 3 is 2.08 bits per heavy atom. The average molecular weight is 387 g/mol. The van der Waals surface area contributed by atoms with Crippen LogP contribution in [0.5, 0.6) is 5.75 Å². The average Bonchev–Trinajstić information content (AvgIpc) is 2.50. The first-order chi connectivity index (χ1) is 12.0. The number of halogens is 3. The number of alkyl halides is 3. The third-order valence-corrected chi connectivity index (χ3v) is 4.52. The summed E-state index contributed by atoms with van der Waals surface area (Å²) in [6, 6.07) is 9.40. The van der Waals surface area contributed by atoms with Gasteiger partial charge in [0, 0.05) is 5.56 Å². The third-order valence-electron chi connectivity index (χ3n) is 3.26. The zero-order chi connectivity index (χ0) is 19.5. The van der Waals surface area contributed by atoms with Crippen molar-refractivity contribution < 1.29 is 30.6 Å². The molecule has 0 spiro atoms. The lowest BCUT2D eigenvalue weighted by atomic mass is 10.1. The van der Waals surface area contributed by atoms with E-state index < -0.39 is 28.7 Å². The normalized spacial score (nSPS) is 11.9. The molecule has 0 saturated carbocycles. The Labute approximate surface area is 148 Å². The van der Waals surface area contributed by atoms with Crippen LogP contribution in [-0.2, 0) is 10.1 Å². The molecule has 2 aromatic rings. The van der Waals surface area contributed by atoms with E-state index in [4.69, 9.17) is 4.18 Å². The summed E-state index contributed by atoms with van der Waals surface area (Å²) in [4.78, 5) is 11.4. The van der Waals surface area contributed by atoms with Crippen molar-refractivity contribution in [1.82, 2.24) is 5.32 Å².